The van der Waals surface area contributed by atoms with Crippen molar-refractivity contribution in [2.75, 3.05) is 13.7 Å². The lowest BCUT2D eigenvalue weighted by Gasteiger charge is -2.18. The predicted octanol–water partition coefficient (Wildman–Crippen LogP) is 5.32. The van der Waals surface area contributed by atoms with Crippen molar-refractivity contribution >= 4 is 43.7 Å². The molecular weight excluding hydrogens is 322 g/mol. The lowest BCUT2D eigenvalue weighted by molar-refractivity contribution is 0.414. The van der Waals surface area contributed by atoms with E-state index >= 15 is 0 Å². The van der Waals surface area contributed by atoms with Crippen LogP contribution in [0.3, 0.4) is 0 Å². The molecular formula is C16H16ClNOS2. The van der Waals surface area contributed by atoms with Crippen molar-refractivity contribution in [3.05, 3.63) is 51.2 Å². The molecule has 110 valence electrons. The molecule has 0 saturated heterocycles. The molecule has 0 saturated carbocycles. The minimum absolute atomic E-state index is 0.169. The highest BCUT2D eigenvalue weighted by Crippen LogP contribution is 2.37. The Labute approximate surface area is 137 Å². The maximum Gasteiger partial charge on any atom is 0.137 e. The number of halogens is 1. The topological polar surface area (TPSA) is 21.3 Å². The average molecular weight is 338 g/mol. The van der Waals surface area contributed by atoms with Crippen LogP contribution in [-0.4, -0.2) is 13.7 Å². The maximum atomic E-state index is 6.27. The van der Waals surface area contributed by atoms with Crippen LogP contribution in [0.2, 0.25) is 5.02 Å². The quantitative estimate of drug-likeness (QED) is 0.680. The molecule has 1 unspecified atom stereocenters. The van der Waals surface area contributed by atoms with Crippen LogP contribution in [0.5, 0.6) is 5.75 Å². The monoisotopic (exact) mass is 337 g/mol. The Kier molecular flexibility index (Phi) is 4.50. The molecule has 0 fully saturated rings. The summed E-state index contributed by atoms with van der Waals surface area (Å²) in [6, 6.07) is 10.6. The van der Waals surface area contributed by atoms with Crippen LogP contribution < -0.4 is 10.1 Å². The average Bonchev–Trinajstić information content (AvgIpc) is 3.05. The SMILES string of the molecule is CCNC(c1ccc(OC)c(Cl)c1)c1cc2sccc2s1. The number of benzene rings is 1. The van der Waals surface area contributed by atoms with E-state index in [0.717, 1.165) is 12.1 Å². The molecule has 2 heterocycles. The van der Waals surface area contributed by atoms with Gasteiger partial charge in [-0.3, -0.25) is 0 Å². The molecule has 1 N–H and O–H groups in total. The highest BCUT2D eigenvalue weighted by atomic mass is 35.5. The van der Waals surface area contributed by atoms with E-state index in [1.54, 1.807) is 18.4 Å². The van der Waals surface area contributed by atoms with Crippen molar-refractivity contribution in [1.29, 1.82) is 0 Å². The van der Waals surface area contributed by atoms with Crippen molar-refractivity contribution in [2.45, 2.75) is 13.0 Å². The summed E-state index contributed by atoms with van der Waals surface area (Å²) in [5.74, 6) is 0.711. The molecule has 0 aliphatic rings. The van der Waals surface area contributed by atoms with E-state index in [2.05, 4.69) is 35.8 Å². The number of rotatable bonds is 5. The summed E-state index contributed by atoms with van der Waals surface area (Å²) in [6.07, 6.45) is 0. The van der Waals surface area contributed by atoms with Crippen molar-refractivity contribution in [2.24, 2.45) is 0 Å². The third kappa shape index (κ3) is 2.94. The summed E-state index contributed by atoms with van der Waals surface area (Å²) in [6.45, 7) is 3.02. The molecule has 0 aliphatic carbocycles. The lowest BCUT2D eigenvalue weighted by atomic mass is 10.1. The molecule has 0 spiro atoms. The largest absolute Gasteiger partial charge is 0.495 e. The van der Waals surface area contributed by atoms with Crippen LogP contribution in [-0.2, 0) is 0 Å². The van der Waals surface area contributed by atoms with Crippen LogP contribution >= 0.6 is 34.3 Å². The van der Waals surface area contributed by atoms with E-state index in [4.69, 9.17) is 16.3 Å². The van der Waals surface area contributed by atoms with Gasteiger partial charge in [-0.1, -0.05) is 24.6 Å². The number of hydrogen-bond acceptors (Lipinski definition) is 4. The standard InChI is InChI=1S/C16H16ClNOS2/c1-3-18-16(10-4-5-12(19-2)11(17)8-10)15-9-14-13(21-15)6-7-20-14/h4-9,16,18H,3H2,1-2H3. The Morgan fingerprint density at radius 2 is 2.10 bits per heavy atom. The van der Waals surface area contributed by atoms with Gasteiger partial charge in [-0.2, -0.15) is 0 Å². The predicted molar refractivity (Wildman–Crippen MR) is 93.2 cm³/mol. The van der Waals surface area contributed by atoms with E-state index in [1.807, 2.05) is 23.5 Å². The third-order valence-electron chi connectivity index (χ3n) is 3.36. The molecule has 1 atom stereocenters. The van der Waals surface area contributed by atoms with E-state index in [-0.39, 0.29) is 6.04 Å². The first-order valence-electron chi connectivity index (χ1n) is 6.76. The van der Waals surface area contributed by atoms with Gasteiger partial charge in [-0.05, 0) is 41.8 Å². The van der Waals surface area contributed by atoms with E-state index in [1.165, 1.54) is 14.3 Å². The Morgan fingerprint density at radius 1 is 1.24 bits per heavy atom. The smallest absolute Gasteiger partial charge is 0.137 e. The van der Waals surface area contributed by atoms with Crippen molar-refractivity contribution in [1.82, 2.24) is 5.32 Å². The van der Waals surface area contributed by atoms with Crippen LogP contribution in [0, 0.1) is 0 Å². The summed E-state index contributed by atoms with van der Waals surface area (Å²) in [7, 11) is 1.63. The fraction of sp³-hybridized carbons (Fsp3) is 0.250. The zero-order valence-electron chi connectivity index (χ0n) is 11.9. The number of hydrogen-bond donors (Lipinski definition) is 1. The first-order valence-corrected chi connectivity index (χ1v) is 8.84. The van der Waals surface area contributed by atoms with Crippen LogP contribution in [0.15, 0.2) is 35.7 Å². The minimum atomic E-state index is 0.169. The maximum absolute atomic E-state index is 6.27. The molecule has 2 aromatic heterocycles. The molecule has 21 heavy (non-hydrogen) atoms. The van der Waals surface area contributed by atoms with Gasteiger partial charge >= 0.3 is 0 Å². The van der Waals surface area contributed by atoms with Gasteiger partial charge in [-0.15, -0.1) is 22.7 Å². The molecule has 5 heteroatoms. The zero-order valence-corrected chi connectivity index (χ0v) is 14.2. The molecule has 3 aromatic rings. The Hall–Kier alpha value is -1.07. The first kappa shape index (κ1) is 14.9. The van der Waals surface area contributed by atoms with Crippen LogP contribution in [0.25, 0.3) is 9.40 Å². The molecule has 0 aliphatic heterocycles. The molecule has 0 bridgehead atoms. The van der Waals surface area contributed by atoms with Gasteiger partial charge in [0, 0.05) is 14.3 Å². The van der Waals surface area contributed by atoms with E-state index in [9.17, 15) is 0 Å². The van der Waals surface area contributed by atoms with Crippen LogP contribution in [0.1, 0.15) is 23.4 Å². The minimum Gasteiger partial charge on any atom is -0.495 e. The fourth-order valence-electron chi connectivity index (χ4n) is 2.38. The van der Waals surface area contributed by atoms with Gasteiger partial charge in [0.2, 0.25) is 0 Å². The van der Waals surface area contributed by atoms with Crippen LogP contribution in [0.4, 0.5) is 0 Å². The van der Waals surface area contributed by atoms with Gasteiger partial charge in [0.1, 0.15) is 5.75 Å². The summed E-state index contributed by atoms with van der Waals surface area (Å²) < 4.78 is 7.92. The molecule has 3 rings (SSSR count). The van der Waals surface area contributed by atoms with Gasteiger partial charge in [0.25, 0.3) is 0 Å². The molecule has 0 amide bonds. The van der Waals surface area contributed by atoms with Crippen molar-refractivity contribution in [3.63, 3.8) is 0 Å². The molecule has 0 radical (unpaired) electrons. The third-order valence-corrected chi connectivity index (χ3v) is 5.81. The van der Waals surface area contributed by atoms with E-state index in [0.29, 0.717) is 10.8 Å². The fourth-order valence-corrected chi connectivity index (χ4v) is 4.87. The first-order chi connectivity index (χ1) is 10.2. The van der Waals surface area contributed by atoms with Gasteiger partial charge < -0.3 is 10.1 Å². The normalized spacial score (nSPS) is 12.7. The van der Waals surface area contributed by atoms with Gasteiger partial charge in [0.05, 0.1) is 18.2 Å². The number of thiophene rings is 2. The number of methoxy groups -OCH3 is 1. The van der Waals surface area contributed by atoms with Crippen molar-refractivity contribution in [3.8, 4) is 5.75 Å². The van der Waals surface area contributed by atoms with E-state index < -0.39 is 0 Å². The second-order valence-electron chi connectivity index (χ2n) is 4.68. The second-order valence-corrected chi connectivity index (χ2v) is 7.15. The molecule has 2 nitrogen and oxygen atoms in total. The highest BCUT2D eigenvalue weighted by molar-refractivity contribution is 7.27. The second kappa shape index (κ2) is 6.36. The Bertz CT molecular complexity index is 721. The summed E-state index contributed by atoms with van der Waals surface area (Å²) >= 11 is 9.89. The summed E-state index contributed by atoms with van der Waals surface area (Å²) in [5, 5.41) is 6.33. The summed E-state index contributed by atoms with van der Waals surface area (Å²) in [5.41, 5.74) is 1.16. The summed E-state index contributed by atoms with van der Waals surface area (Å²) in [4.78, 5) is 1.32. The van der Waals surface area contributed by atoms with Crippen molar-refractivity contribution < 1.29 is 4.74 Å². The highest BCUT2D eigenvalue weighted by Gasteiger charge is 2.17. The van der Waals surface area contributed by atoms with Gasteiger partial charge in [-0.25, -0.2) is 0 Å². The number of fused-ring (bicyclic) bond motifs is 1. The number of ether oxygens (including phenoxy) is 1. The Balaban J connectivity index is 2.00. The van der Waals surface area contributed by atoms with Gasteiger partial charge in [0.15, 0.2) is 0 Å². The zero-order chi connectivity index (χ0) is 14.8. The number of nitrogens with one attached hydrogen (secondary N) is 1. The molecule has 1 aromatic carbocycles. The Morgan fingerprint density at radius 3 is 2.76 bits per heavy atom. The lowest BCUT2D eigenvalue weighted by Crippen LogP contribution is -2.21.